The molecule has 2 N–H and O–H groups in total. The summed E-state index contributed by atoms with van der Waals surface area (Å²) >= 11 is 0. The minimum Gasteiger partial charge on any atom is -0.369 e. The van der Waals surface area contributed by atoms with Crippen LogP contribution in [0.2, 0.25) is 0 Å². The number of nitrogens with zero attached hydrogens (tertiary/aromatic N) is 2. The highest BCUT2D eigenvalue weighted by molar-refractivity contribution is 5.56. The van der Waals surface area contributed by atoms with Crippen molar-refractivity contribution in [2.75, 3.05) is 44.7 Å². The summed E-state index contributed by atoms with van der Waals surface area (Å²) in [6.45, 7) is 5.13. The van der Waals surface area contributed by atoms with Crippen LogP contribution in [0.4, 0.5) is 5.69 Å². The monoisotopic (exact) mass is 231 g/mol. The molecular formula is C14H21N3. The molecule has 0 bridgehead atoms. The maximum absolute atomic E-state index is 5.44. The van der Waals surface area contributed by atoms with E-state index in [-0.39, 0.29) is 0 Å². The summed E-state index contributed by atoms with van der Waals surface area (Å²) in [4.78, 5) is 4.81. The van der Waals surface area contributed by atoms with Gasteiger partial charge in [-0.25, -0.2) is 0 Å². The molecule has 1 aliphatic rings. The molecule has 1 heterocycles. The number of hydrogen-bond acceptors (Lipinski definition) is 3. The number of nitrogens with two attached hydrogens (primary N) is 1. The van der Waals surface area contributed by atoms with Gasteiger partial charge in [-0.2, -0.15) is 0 Å². The second kappa shape index (κ2) is 5.84. The average Bonchev–Trinajstić information content (AvgIpc) is 2.38. The van der Waals surface area contributed by atoms with Crippen molar-refractivity contribution in [1.82, 2.24) is 4.90 Å². The van der Waals surface area contributed by atoms with Crippen molar-refractivity contribution >= 4 is 11.8 Å². The average molecular weight is 231 g/mol. The van der Waals surface area contributed by atoms with Gasteiger partial charge in [0.15, 0.2) is 0 Å². The molecule has 1 aliphatic heterocycles. The summed E-state index contributed by atoms with van der Waals surface area (Å²) in [7, 11) is 2.18. The van der Waals surface area contributed by atoms with E-state index in [1.54, 1.807) is 0 Å². The second-order valence-corrected chi connectivity index (χ2v) is 4.52. The maximum Gasteiger partial charge on any atom is 0.0367 e. The van der Waals surface area contributed by atoms with Gasteiger partial charge in [-0.15, -0.1) is 0 Å². The number of anilines is 1. The summed E-state index contributed by atoms with van der Waals surface area (Å²) < 4.78 is 0. The Kier molecular flexibility index (Phi) is 4.18. The van der Waals surface area contributed by atoms with Gasteiger partial charge in [0.2, 0.25) is 0 Å². The zero-order valence-electron chi connectivity index (χ0n) is 10.5. The third-order valence-electron chi connectivity index (χ3n) is 3.21. The van der Waals surface area contributed by atoms with Gasteiger partial charge in [-0.05, 0) is 24.7 Å². The van der Waals surface area contributed by atoms with Gasteiger partial charge in [-0.1, -0.05) is 24.3 Å². The van der Waals surface area contributed by atoms with Crippen molar-refractivity contribution in [3.05, 3.63) is 35.9 Å². The highest BCUT2D eigenvalue weighted by Crippen LogP contribution is 2.17. The molecule has 0 aromatic heterocycles. The first-order chi connectivity index (χ1) is 8.29. The van der Waals surface area contributed by atoms with Gasteiger partial charge in [0.05, 0.1) is 0 Å². The van der Waals surface area contributed by atoms with E-state index < -0.39 is 0 Å². The Morgan fingerprint density at radius 3 is 2.35 bits per heavy atom. The van der Waals surface area contributed by atoms with E-state index in [9.17, 15) is 0 Å². The second-order valence-electron chi connectivity index (χ2n) is 4.52. The fraction of sp³-hybridized carbons (Fsp3) is 0.429. The maximum atomic E-state index is 5.44. The SMILES string of the molecule is CN1CCN(c2ccc(C=CCN)cc2)CC1. The Labute approximate surface area is 104 Å². The van der Waals surface area contributed by atoms with Gasteiger partial charge < -0.3 is 15.5 Å². The van der Waals surface area contributed by atoms with Crippen LogP contribution >= 0.6 is 0 Å². The van der Waals surface area contributed by atoms with Crippen molar-refractivity contribution in [1.29, 1.82) is 0 Å². The van der Waals surface area contributed by atoms with Crippen LogP contribution < -0.4 is 10.6 Å². The van der Waals surface area contributed by atoms with Crippen LogP contribution in [-0.4, -0.2) is 44.7 Å². The van der Waals surface area contributed by atoms with E-state index >= 15 is 0 Å². The number of piperazine rings is 1. The van der Waals surface area contributed by atoms with Crippen LogP contribution in [0.5, 0.6) is 0 Å². The Morgan fingerprint density at radius 2 is 1.76 bits per heavy atom. The molecule has 1 aromatic carbocycles. The standard InChI is InChI=1S/C14H21N3/c1-16-9-11-17(12-10-16)14-6-4-13(5-7-14)3-2-8-15/h2-7H,8-12,15H2,1H3. The van der Waals surface area contributed by atoms with Gasteiger partial charge in [-0.3, -0.25) is 0 Å². The molecule has 3 nitrogen and oxygen atoms in total. The molecule has 0 aliphatic carbocycles. The smallest absolute Gasteiger partial charge is 0.0367 e. The summed E-state index contributed by atoms with van der Waals surface area (Å²) in [5.74, 6) is 0. The Hall–Kier alpha value is -1.32. The molecule has 92 valence electrons. The van der Waals surface area contributed by atoms with Crippen molar-refractivity contribution in [2.24, 2.45) is 5.73 Å². The molecule has 1 saturated heterocycles. The molecule has 17 heavy (non-hydrogen) atoms. The number of hydrogen-bond donors (Lipinski definition) is 1. The largest absolute Gasteiger partial charge is 0.369 e. The molecule has 0 amide bonds. The van der Waals surface area contributed by atoms with E-state index in [2.05, 4.69) is 47.2 Å². The third kappa shape index (κ3) is 3.32. The van der Waals surface area contributed by atoms with E-state index in [4.69, 9.17) is 5.73 Å². The quantitative estimate of drug-likeness (QED) is 0.853. The topological polar surface area (TPSA) is 32.5 Å². The van der Waals surface area contributed by atoms with Crippen LogP contribution in [0.15, 0.2) is 30.3 Å². The first-order valence-electron chi connectivity index (χ1n) is 6.20. The van der Waals surface area contributed by atoms with Crippen LogP contribution in [-0.2, 0) is 0 Å². The minimum absolute atomic E-state index is 0.597. The van der Waals surface area contributed by atoms with E-state index in [0.29, 0.717) is 6.54 Å². The molecule has 1 aromatic rings. The lowest BCUT2D eigenvalue weighted by Crippen LogP contribution is -2.44. The fourth-order valence-electron chi connectivity index (χ4n) is 2.07. The van der Waals surface area contributed by atoms with E-state index in [0.717, 1.165) is 26.2 Å². The lowest BCUT2D eigenvalue weighted by Gasteiger charge is -2.34. The third-order valence-corrected chi connectivity index (χ3v) is 3.21. The zero-order valence-corrected chi connectivity index (χ0v) is 10.5. The van der Waals surface area contributed by atoms with Gasteiger partial charge in [0.1, 0.15) is 0 Å². The van der Waals surface area contributed by atoms with Crippen LogP contribution in [0.1, 0.15) is 5.56 Å². The minimum atomic E-state index is 0.597. The van der Waals surface area contributed by atoms with Gasteiger partial charge >= 0.3 is 0 Å². The molecule has 1 fully saturated rings. The molecule has 2 rings (SSSR count). The van der Waals surface area contributed by atoms with E-state index in [1.807, 2.05) is 6.08 Å². The Morgan fingerprint density at radius 1 is 1.12 bits per heavy atom. The van der Waals surface area contributed by atoms with Gasteiger partial charge in [0.25, 0.3) is 0 Å². The summed E-state index contributed by atoms with van der Waals surface area (Å²) in [5, 5.41) is 0. The van der Waals surface area contributed by atoms with Crippen molar-refractivity contribution in [2.45, 2.75) is 0 Å². The summed E-state index contributed by atoms with van der Waals surface area (Å²) in [5.41, 5.74) is 7.97. The molecule has 0 unspecified atom stereocenters. The van der Waals surface area contributed by atoms with E-state index in [1.165, 1.54) is 11.3 Å². The molecule has 0 saturated carbocycles. The molecular weight excluding hydrogens is 210 g/mol. The zero-order chi connectivity index (χ0) is 12.1. The number of rotatable bonds is 3. The highest BCUT2D eigenvalue weighted by Gasteiger charge is 2.13. The normalized spacial score (nSPS) is 17.9. The molecule has 3 heteroatoms. The van der Waals surface area contributed by atoms with Crippen molar-refractivity contribution in [3.8, 4) is 0 Å². The lowest BCUT2D eigenvalue weighted by molar-refractivity contribution is 0.313. The number of benzene rings is 1. The Balaban J connectivity index is 2.00. The summed E-state index contributed by atoms with van der Waals surface area (Å²) in [6, 6.07) is 8.70. The van der Waals surface area contributed by atoms with Crippen LogP contribution in [0.3, 0.4) is 0 Å². The van der Waals surface area contributed by atoms with Crippen molar-refractivity contribution < 1.29 is 0 Å². The first kappa shape index (κ1) is 12.1. The fourth-order valence-corrected chi connectivity index (χ4v) is 2.07. The molecule has 0 radical (unpaired) electrons. The van der Waals surface area contributed by atoms with Crippen LogP contribution in [0.25, 0.3) is 6.08 Å². The first-order valence-corrected chi connectivity index (χ1v) is 6.20. The van der Waals surface area contributed by atoms with Crippen molar-refractivity contribution in [3.63, 3.8) is 0 Å². The van der Waals surface area contributed by atoms with Gasteiger partial charge in [0, 0.05) is 38.4 Å². The number of likely N-dealkylation sites (N-methyl/N-ethyl adjacent to an activating group) is 1. The molecule has 0 spiro atoms. The predicted molar refractivity (Wildman–Crippen MR) is 74.2 cm³/mol. The highest BCUT2D eigenvalue weighted by atomic mass is 15.2. The van der Waals surface area contributed by atoms with Crippen LogP contribution in [0, 0.1) is 0 Å². The Bertz CT molecular complexity index is 362. The molecule has 0 atom stereocenters. The predicted octanol–water partition coefficient (Wildman–Crippen LogP) is 1.41. The summed E-state index contributed by atoms with van der Waals surface area (Å²) in [6.07, 6.45) is 4.04. The lowest BCUT2D eigenvalue weighted by atomic mass is 10.1.